The summed E-state index contributed by atoms with van der Waals surface area (Å²) in [6.07, 6.45) is 1.62. The second-order valence-electron chi connectivity index (χ2n) is 5.03. The number of nitrogens with zero attached hydrogens (tertiary/aromatic N) is 2. The number of aliphatic imine (C=N–C) groups is 1. The lowest BCUT2D eigenvalue weighted by atomic mass is 9.77. The van der Waals surface area contributed by atoms with E-state index in [9.17, 15) is 9.65 Å². The van der Waals surface area contributed by atoms with Gasteiger partial charge in [-0.3, -0.25) is 4.99 Å². The van der Waals surface area contributed by atoms with Crippen molar-refractivity contribution in [3.63, 3.8) is 0 Å². The number of ether oxygens (including phenoxy) is 2. The molecule has 0 amide bonds. The van der Waals surface area contributed by atoms with Crippen LogP contribution in [-0.4, -0.2) is 32.8 Å². The Balaban J connectivity index is 2.57. The highest BCUT2D eigenvalue weighted by Crippen LogP contribution is 2.40. The lowest BCUT2D eigenvalue weighted by Gasteiger charge is -2.35. The molecule has 116 valence electrons. The number of hydrogen-bond donors (Lipinski definition) is 1. The van der Waals surface area contributed by atoms with Gasteiger partial charge in [0.1, 0.15) is 12.6 Å². The minimum absolute atomic E-state index is 0.0581. The summed E-state index contributed by atoms with van der Waals surface area (Å²) in [6, 6.07) is 8.17. The van der Waals surface area contributed by atoms with E-state index < -0.39 is 11.2 Å². The first-order chi connectivity index (χ1) is 10.6. The van der Waals surface area contributed by atoms with Crippen molar-refractivity contribution in [3.05, 3.63) is 46.1 Å². The predicted octanol–water partition coefficient (Wildman–Crippen LogP) is 2.86. The largest absolute Gasteiger partial charge is 0.359 e. The van der Waals surface area contributed by atoms with Crippen LogP contribution < -0.4 is 0 Å². The number of halogens is 1. The molecule has 0 radical (unpaired) electrons. The van der Waals surface area contributed by atoms with Crippen LogP contribution in [0.25, 0.3) is 0 Å². The minimum Gasteiger partial charge on any atom is -0.359 e. The van der Waals surface area contributed by atoms with Gasteiger partial charge in [0.15, 0.2) is 0 Å². The van der Waals surface area contributed by atoms with Gasteiger partial charge >= 0.3 is 0 Å². The number of benzene rings is 1. The first kappa shape index (κ1) is 16.7. The number of dihydropyridines is 1. The van der Waals surface area contributed by atoms with Gasteiger partial charge in [0.25, 0.3) is 0 Å². The Hall–Kier alpha value is -1.68. The van der Waals surface area contributed by atoms with Crippen LogP contribution in [0, 0.1) is 17.1 Å². The molecule has 4 nitrogen and oxygen atoms in total. The summed E-state index contributed by atoms with van der Waals surface area (Å²) in [5.41, 5.74) is -0.237. The normalized spacial score (nSPS) is 24.4. The van der Waals surface area contributed by atoms with Gasteiger partial charge in [-0.1, -0.05) is 18.2 Å². The van der Waals surface area contributed by atoms with Crippen molar-refractivity contribution in [2.24, 2.45) is 4.99 Å². The molecule has 0 saturated carbocycles. The molecule has 0 N–H and O–H groups in total. The van der Waals surface area contributed by atoms with E-state index in [1.54, 1.807) is 31.3 Å². The van der Waals surface area contributed by atoms with Crippen molar-refractivity contribution in [3.8, 4) is 6.07 Å². The average molecular weight is 320 g/mol. The van der Waals surface area contributed by atoms with E-state index >= 15 is 0 Å². The first-order valence-corrected chi connectivity index (χ1v) is 7.21. The van der Waals surface area contributed by atoms with Gasteiger partial charge < -0.3 is 9.47 Å². The molecule has 0 spiro atoms. The Bertz CT molecular complexity index is 654. The fourth-order valence-corrected chi connectivity index (χ4v) is 2.93. The highest BCUT2D eigenvalue weighted by atomic mass is 32.1. The summed E-state index contributed by atoms with van der Waals surface area (Å²) in [6.45, 7) is 1.94. The summed E-state index contributed by atoms with van der Waals surface area (Å²) < 4.78 is 24.7. The third-order valence-corrected chi connectivity index (χ3v) is 4.26. The van der Waals surface area contributed by atoms with Crippen LogP contribution in [-0.2, 0) is 14.9 Å². The molecule has 1 aromatic carbocycles. The van der Waals surface area contributed by atoms with E-state index in [0.717, 1.165) is 0 Å². The second-order valence-corrected chi connectivity index (χ2v) is 5.48. The summed E-state index contributed by atoms with van der Waals surface area (Å²) in [7, 11) is 1.50. The van der Waals surface area contributed by atoms with Crippen LogP contribution in [0.1, 0.15) is 12.5 Å². The van der Waals surface area contributed by atoms with Gasteiger partial charge in [-0.05, 0) is 13.0 Å². The molecule has 0 bridgehead atoms. The molecule has 22 heavy (non-hydrogen) atoms. The predicted molar refractivity (Wildman–Crippen MR) is 85.5 cm³/mol. The number of methoxy groups -OCH3 is 1. The van der Waals surface area contributed by atoms with E-state index in [2.05, 4.69) is 23.7 Å². The Morgan fingerprint density at radius 1 is 1.45 bits per heavy atom. The van der Waals surface area contributed by atoms with E-state index in [0.29, 0.717) is 16.0 Å². The lowest BCUT2D eigenvalue weighted by molar-refractivity contribution is -0.0376. The molecule has 2 unspecified atom stereocenters. The fourth-order valence-electron chi connectivity index (χ4n) is 2.45. The molecule has 0 aliphatic carbocycles. The summed E-state index contributed by atoms with van der Waals surface area (Å²) in [5.74, 6) is -0.395. The van der Waals surface area contributed by atoms with Gasteiger partial charge in [0.2, 0.25) is 0 Å². The highest BCUT2D eigenvalue weighted by Gasteiger charge is 2.41. The number of thiol groups is 1. The smallest absolute Gasteiger partial charge is 0.146 e. The van der Waals surface area contributed by atoms with Gasteiger partial charge in [0, 0.05) is 23.8 Å². The molecule has 1 aliphatic heterocycles. The van der Waals surface area contributed by atoms with E-state index in [1.165, 1.54) is 13.2 Å². The molecule has 2 atom stereocenters. The van der Waals surface area contributed by atoms with Gasteiger partial charge in [-0.25, -0.2) is 4.39 Å². The zero-order valence-electron chi connectivity index (χ0n) is 12.4. The summed E-state index contributed by atoms with van der Waals surface area (Å²) in [5, 5.41) is 9.36. The van der Waals surface area contributed by atoms with Crippen molar-refractivity contribution in [2.45, 2.75) is 18.4 Å². The van der Waals surface area contributed by atoms with Gasteiger partial charge in [0.05, 0.1) is 29.7 Å². The Morgan fingerprint density at radius 3 is 2.82 bits per heavy atom. The van der Waals surface area contributed by atoms with E-state index in [4.69, 9.17) is 9.47 Å². The molecule has 6 heteroatoms. The topological polar surface area (TPSA) is 54.6 Å². The Kier molecular flexibility index (Phi) is 5.35. The van der Waals surface area contributed by atoms with Crippen LogP contribution in [0.2, 0.25) is 0 Å². The fraction of sp³-hybridized carbons (Fsp3) is 0.375. The molecule has 0 aromatic heterocycles. The van der Waals surface area contributed by atoms with Crippen molar-refractivity contribution >= 4 is 18.8 Å². The Morgan fingerprint density at radius 2 is 2.18 bits per heavy atom. The SMILES string of the molecule is COCOCC1(c2ccccc2F)C=NC(C)C(C#N)=C1S. The molecule has 1 aromatic rings. The third kappa shape index (κ3) is 2.93. The maximum Gasteiger partial charge on any atom is 0.146 e. The van der Waals surface area contributed by atoms with Crippen LogP contribution >= 0.6 is 12.6 Å². The zero-order valence-corrected chi connectivity index (χ0v) is 13.3. The van der Waals surface area contributed by atoms with Crippen molar-refractivity contribution in [2.75, 3.05) is 20.5 Å². The molecular weight excluding hydrogens is 303 g/mol. The quantitative estimate of drug-likeness (QED) is 0.516. The van der Waals surface area contributed by atoms with Crippen molar-refractivity contribution in [1.82, 2.24) is 0 Å². The monoisotopic (exact) mass is 320 g/mol. The number of rotatable bonds is 5. The van der Waals surface area contributed by atoms with Gasteiger partial charge in [-0.2, -0.15) is 5.26 Å². The average Bonchev–Trinajstić information content (AvgIpc) is 2.51. The number of nitriles is 1. The van der Waals surface area contributed by atoms with Crippen LogP contribution in [0.4, 0.5) is 4.39 Å². The molecule has 1 aliphatic rings. The van der Waals surface area contributed by atoms with E-state index in [-0.39, 0.29) is 19.4 Å². The van der Waals surface area contributed by atoms with Crippen LogP contribution in [0.3, 0.4) is 0 Å². The standard InChI is InChI=1S/C16H17FN2O2S/c1-11-12(7-18)15(22)16(8-19-11,9-21-10-20-2)13-5-3-4-6-14(13)17/h3-6,8,11,22H,9-10H2,1-2H3. The first-order valence-electron chi connectivity index (χ1n) is 6.76. The molecule has 2 rings (SSSR count). The van der Waals surface area contributed by atoms with Gasteiger partial charge in [-0.15, -0.1) is 12.6 Å². The summed E-state index contributed by atoms with van der Waals surface area (Å²) in [4.78, 5) is 4.80. The minimum atomic E-state index is -1.02. The van der Waals surface area contributed by atoms with Crippen molar-refractivity contribution in [1.29, 1.82) is 5.26 Å². The number of hydrogen-bond acceptors (Lipinski definition) is 5. The zero-order chi connectivity index (χ0) is 16.2. The van der Waals surface area contributed by atoms with Crippen molar-refractivity contribution < 1.29 is 13.9 Å². The Labute approximate surface area is 134 Å². The third-order valence-electron chi connectivity index (χ3n) is 3.62. The molecule has 0 saturated heterocycles. The lowest BCUT2D eigenvalue weighted by Crippen LogP contribution is -2.40. The maximum absolute atomic E-state index is 14.3. The summed E-state index contributed by atoms with van der Waals surface area (Å²) >= 11 is 4.52. The second kappa shape index (κ2) is 7.05. The molecule has 1 heterocycles. The van der Waals surface area contributed by atoms with E-state index in [1.807, 2.05) is 0 Å². The molecular formula is C16H17FN2O2S. The highest BCUT2D eigenvalue weighted by molar-refractivity contribution is 7.84. The van der Waals surface area contributed by atoms with Crippen LogP contribution in [0.5, 0.6) is 0 Å². The maximum atomic E-state index is 14.3. The van der Waals surface area contributed by atoms with Crippen LogP contribution in [0.15, 0.2) is 39.7 Å². The molecule has 0 fully saturated rings.